The third kappa shape index (κ3) is 2.19. The van der Waals surface area contributed by atoms with Crippen molar-refractivity contribution in [2.24, 2.45) is 10.7 Å². The minimum atomic E-state index is -0.145. The van der Waals surface area contributed by atoms with Crippen molar-refractivity contribution >= 4 is 17.2 Å². The molecule has 1 aliphatic heterocycles. The Labute approximate surface area is 122 Å². The number of nitrogens with two attached hydrogens (primary N) is 2. The van der Waals surface area contributed by atoms with Crippen molar-refractivity contribution in [2.75, 3.05) is 19.8 Å². The minimum absolute atomic E-state index is 0.140. The molecule has 3 rings (SSSR count). The molecular formula is C14H20N6O. The molecule has 1 unspecified atom stereocenters. The predicted octanol–water partition coefficient (Wildman–Crippen LogP) is 0.0508. The van der Waals surface area contributed by atoms with E-state index < -0.39 is 0 Å². The van der Waals surface area contributed by atoms with Gasteiger partial charge < -0.3 is 11.5 Å². The molecule has 0 fully saturated rings. The fourth-order valence-electron chi connectivity index (χ4n) is 2.69. The van der Waals surface area contributed by atoms with Crippen molar-refractivity contribution in [3.8, 4) is 0 Å². The number of likely N-dealkylation sites (N-methyl/N-ethyl adjacent to an activating group) is 1. The first-order valence-corrected chi connectivity index (χ1v) is 6.99. The molecule has 1 aromatic rings. The monoisotopic (exact) mass is 288 g/mol. The van der Waals surface area contributed by atoms with E-state index in [0.717, 1.165) is 13.0 Å². The summed E-state index contributed by atoms with van der Waals surface area (Å²) < 4.78 is 3.43. The zero-order valence-electron chi connectivity index (χ0n) is 12.3. The maximum absolute atomic E-state index is 12.3. The molecule has 4 N–H and O–H groups in total. The Morgan fingerprint density at radius 3 is 2.62 bits per heavy atom. The van der Waals surface area contributed by atoms with Gasteiger partial charge in [-0.25, -0.2) is 9.67 Å². The van der Waals surface area contributed by atoms with Gasteiger partial charge >= 0.3 is 0 Å². The Balaban J connectivity index is 2.00. The Bertz CT molecular complexity index is 719. The predicted molar refractivity (Wildman–Crippen MR) is 83.7 cm³/mol. The van der Waals surface area contributed by atoms with Crippen LogP contribution in [0.5, 0.6) is 0 Å². The van der Waals surface area contributed by atoms with Gasteiger partial charge in [-0.3, -0.25) is 14.4 Å². The second-order valence-corrected chi connectivity index (χ2v) is 5.57. The molecule has 1 atom stereocenters. The summed E-state index contributed by atoms with van der Waals surface area (Å²) in [5, 5.41) is 0. The molecule has 1 aromatic heterocycles. The van der Waals surface area contributed by atoms with Crippen molar-refractivity contribution < 1.29 is 0 Å². The number of aromatic nitrogens is 2. The van der Waals surface area contributed by atoms with Crippen LogP contribution in [0, 0.1) is 0 Å². The lowest BCUT2D eigenvalue weighted by Gasteiger charge is -2.21. The maximum Gasteiger partial charge on any atom is 0.294 e. The molecule has 2 aliphatic rings. The highest BCUT2D eigenvalue weighted by Gasteiger charge is 2.22. The van der Waals surface area contributed by atoms with E-state index in [1.54, 1.807) is 9.36 Å². The largest absolute Gasteiger partial charge is 0.397 e. The van der Waals surface area contributed by atoms with Crippen LogP contribution in [0.3, 0.4) is 0 Å². The SMILES string of the molecule is CN(C)C1C=C/C(=N\c2c(N)n3n(c2=O)CCC3)C(N)=C1. The van der Waals surface area contributed by atoms with Crippen molar-refractivity contribution in [3.05, 3.63) is 34.3 Å². The fourth-order valence-corrected chi connectivity index (χ4v) is 2.69. The van der Waals surface area contributed by atoms with Crippen molar-refractivity contribution in [3.63, 3.8) is 0 Å². The fraction of sp³-hybridized carbons (Fsp3) is 0.429. The standard InChI is InChI=1S/C14H20N6O/c1-18(2)9-4-5-11(10(15)8-9)17-12-13(16)19-6-3-7-20(19)14(12)21/h4-5,8-9H,3,6-7,15-16H2,1-2H3/b17-11+. The number of rotatable bonds is 2. The molecular weight excluding hydrogens is 268 g/mol. The van der Waals surface area contributed by atoms with Crippen LogP contribution < -0.4 is 17.0 Å². The maximum atomic E-state index is 12.3. The van der Waals surface area contributed by atoms with Crippen LogP contribution in [0.15, 0.2) is 33.7 Å². The normalized spacial score (nSPS) is 22.9. The van der Waals surface area contributed by atoms with Crippen molar-refractivity contribution in [2.45, 2.75) is 25.6 Å². The molecule has 0 aromatic carbocycles. The molecule has 0 radical (unpaired) electrons. The second-order valence-electron chi connectivity index (χ2n) is 5.57. The molecule has 21 heavy (non-hydrogen) atoms. The van der Waals surface area contributed by atoms with Crippen molar-refractivity contribution in [1.82, 2.24) is 14.3 Å². The molecule has 112 valence electrons. The summed E-state index contributed by atoms with van der Waals surface area (Å²) in [4.78, 5) is 18.7. The van der Waals surface area contributed by atoms with Crippen LogP contribution in [-0.2, 0) is 13.1 Å². The van der Waals surface area contributed by atoms with Crippen LogP contribution in [0.25, 0.3) is 0 Å². The van der Waals surface area contributed by atoms with Gasteiger partial charge in [-0.2, -0.15) is 0 Å². The average molecular weight is 288 g/mol. The summed E-state index contributed by atoms with van der Waals surface area (Å²) in [5.74, 6) is 0.418. The lowest BCUT2D eigenvalue weighted by atomic mass is 10.1. The molecule has 1 aliphatic carbocycles. The van der Waals surface area contributed by atoms with Gasteiger partial charge in [0.25, 0.3) is 5.56 Å². The number of aliphatic imine (C=N–C) groups is 1. The van der Waals surface area contributed by atoms with E-state index in [1.807, 2.05) is 37.2 Å². The quantitative estimate of drug-likeness (QED) is 0.804. The van der Waals surface area contributed by atoms with Gasteiger partial charge in [0, 0.05) is 19.1 Å². The third-order valence-corrected chi connectivity index (χ3v) is 3.91. The summed E-state index contributed by atoms with van der Waals surface area (Å²) in [6, 6.07) is 0.140. The zero-order chi connectivity index (χ0) is 15.1. The summed E-state index contributed by atoms with van der Waals surface area (Å²) in [5.41, 5.74) is 13.4. The molecule has 2 heterocycles. The van der Waals surface area contributed by atoms with Gasteiger partial charge in [-0.15, -0.1) is 0 Å². The van der Waals surface area contributed by atoms with Gasteiger partial charge in [-0.05, 0) is 32.7 Å². The molecule has 7 nitrogen and oxygen atoms in total. The smallest absolute Gasteiger partial charge is 0.294 e. The summed E-state index contributed by atoms with van der Waals surface area (Å²) in [6.07, 6.45) is 6.68. The van der Waals surface area contributed by atoms with Gasteiger partial charge in [-0.1, -0.05) is 6.08 Å². The van der Waals surface area contributed by atoms with Crippen LogP contribution in [0.1, 0.15) is 6.42 Å². The van der Waals surface area contributed by atoms with Crippen LogP contribution >= 0.6 is 0 Å². The number of hydrogen-bond acceptors (Lipinski definition) is 5. The summed E-state index contributed by atoms with van der Waals surface area (Å²) >= 11 is 0. The number of allylic oxidation sites excluding steroid dienone is 1. The summed E-state index contributed by atoms with van der Waals surface area (Å²) in [6.45, 7) is 1.45. The van der Waals surface area contributed by atoms with E-state index in [2.05, 4.69) is 4.99 Å². The van der Waals surface area contributed by atoms with Crippen LogP contribution in [0.2, 0.25) is 0 Å². The number of nitrogen functional groups attached to an aromatic ring is 1. The van der Waals surface area contributed by atoms with E-state index in [-0.39, 0.29) is 17.3 Å². The summed E-state index contributed by atoms with van der Waals surface area (Å²) in [7, 11) is 3.95. The average Bonchev–Trinajstić information content (AvgIpc) is 3.00. The Morgan fingerprint density at radius 2 is 2.00 bits per heavy atom. The lowest BCUT2D eigenvalue weighted by molar-refractivity contribution is 0.390. The van der Waals surface area contributed by atoms with Gasteiger partial charge in [0.1, 0.15) is 0 Å². The molecule has 7 heteroatoms. The Hall–Kier alpha value is -2.28. The first-order valence-electron chi connectivity index (χ1n) is 6.99. The molecule has 0 saturated carbocycles. The van der Waals surface area contributed by atoms with E-state index in [0.29, 0.717) is 23.8 Å². The van der Waals surface area contributed by atoms with Crippen LogP contribution in [0.4, 0.5) is 11.5 Å². The van der Waals surface area contributed by atoms with E-state index in [4.69, 9.17) is 11.5 Å². The van der Waals surface area contributed by atoms with Crippen LogP contribution in [-0.4, -0.2) is 40.1 Å². The number of fused-ring (bicyclic) bond motifs is 1. The lowest BCUT2D eigenvalue weighted by Crippen LogP contribution is -2.29. The molecule has 0 amide bonds. The number of hydrogen-bond donors (Lipinski definition) is 2. The van der Waals surface area contributed by atoms with Crippen molar-refractivity contribution in [1.29, 1.82) is 0 Å². The first-order chi connectivity index (χ1) is 9.99. The van der Waals surface area contributed by atoms with Gasteiger partial charge in [0.15, 0.2) is 11.5 Å². The Kier molecular flexibility index (Phi) is 3.21. The number of nitrogens with zero attached hydrogens (tertiary/aromatic N) is 4. The zero-order valence-corrected chi connectivity index (χ0v) is 12.3. The van der Waals surface area contributed by atoms with E-state index in [1.165, 1.54) is 0 Å². The minimum Gasteiger partial charge on any atom is -0.397 e. The Morgan fingerprint density at radius 1 is 1.29 bits per heavy atom. The van der Waals surface area contributed by atoms with Gasteiger partial charge in [0.05, 0.1) is 11.4 Å². The molecule has 0 bridgehead atoms. The topological polar surface area (TPSA) is 94.6 Å². The van der Waals surface area contributed by atoms with E-state index >= 15 is 0 Å². The molecule has 0 spiro atoms. The second kappa shape index (κ2) is 4.92. The van der Waals surface area contributed by atoms with E-state index in [9.17, 15) is 4.79 Å². The first kappa shape index (κ1) is 13.7. The third-order valence-electron chi connectivity index (χ3n) is 3.91. The molecule has 0 saturated heterocycles. The highest BCUT2D eigenvalue weighted by molar-refractivity contribution is 6.10. The van der Waals surface area contributed by atoms with Gasteiger partial charge in [0.2, 0.25) is 0 Å². The highest BCUT2D eigenvalue weighted by Crippen LogP contribution is 2.23. The number of anilines is 1. The highest BCUT2D eigenvalue weighted by atomic mass is 16.1.